The minimum atomic E-state index is -0.514. The maximum absolute atomic E-state index is 13.6. The Morgan fingerprint density at radius 2 is 1.62 bits per heavy atom. The fraction of sp³-hybridized carbons (Fsp3) is 0.360. The van der Waals surface area contributed by atoms with Gasteiger partial charge in [0.15, 0.2) is 5.43 Å². The Morgan fingerprint density at radius 1 is 0.969 bits per heavy atom. The molecule has 7 nitrogen and oxygen atoms in total. The molecular formula is C25H28N2O5. The molecule has 1 aromatic heterocycles. The van der Waals surface area contributed by atoms with Crippen LogP contribution in [-0.2, 0) is 0 Å². The molecule has 7 heteroatoms. The Morgan fingerprint density at radius 3 is 2.28 bits per heavy atom. The van der Waals surface area contributed by atoms with Crippen molar-refractivity contribution in [3.05, 3.63) is 69.6 Å². The van der Waals surface area contributed by atoms with Crippen LogP contribution < -0.4 is 14.9 Å². The van der Waals surface area contributed by atoms with Gasteiger partial charge in [0.1, 0.15) is 17.1 Å². The van der Waals surface area contributed by atoms with Crippen molar-refractivity contribution in [2.24, 2.45) is 0 Å². The molecule has 1 aliphatic rings. The van der Waals surface area contributed by atoms with E-state index in [1.54, 1.807) is 23.1 Å². The zero-order valence-corrected chi connectivity index (χ0v) is 18.9. The molecule has 3 aromatic rings. The third kappa shape index (κ3) is 3.96. The predicted octanol–water partition coefficient (Wildman–Crippen LogP) is 3.70. The quantitative estimate of drug-likeness (QED) is 0.536. The van der Waals surface area contributed by atoms with E-state index in [0.29, 0.717) is 48.6 Å². The van der Waals surface area contributed by atoms with Crippen LogP contribution in [0, 0.1) is 0 Å². The monoisotopic (exact) mass is 436 g/mol. The molecule has 0 N–H and O–H groups in total. The Labute approximate surface area is 187 Å². The van der Waals surface area contributed by atoms with Crippen LogP contribution in [-0.4, -0.2) is 56.1 Å². The number of fused-ring (bicyclic) bond motifs is 2. The van der Waals surface area contributed by atoms with Crippen molar-refractivity contribution in [3.63, 3.8) is 0 Å². The fourth-order valence-electron chi connectivity index (χ4n) is 4.05. The van der Waals surface area contributed by atoms with Gasteiger partial charge in [-0.15, -0.1) is 0 Å². The van der Waals surface area contributed by atoms with Crippen molar-refractivity contribution in [1.82, 2.24) is 9.80 Å². The van der Waals surface area contributed by atoms with E-state index in [-0.39, 0.29) is 17.1 Å². The molecule has 1 atom stereocenters. The molecule has 0 bridgehead atoms. The molecule has 1 amide bonds. The lowest BCUT2D eigenvalue weighted by atomic mass is 9.98. The summed E-state index contributed by atoms with van der Waals surface area (Å²) in [5.41, 5.74) is 1.39. The van der Waals surface area contributed by atoms with Crippen molar-refractivity contribution in [2.75, 3.05) is 40.4 Å². The van der Waals surface area contributed by atoms with E-state index in [2.05, 4.69) is 0 Å². The highest BCUT2D eigenvalue weighted by atomic mass is 16.5. The number of nitrogens with zero attached hydrogens (tertiary/aromatic N) is 2. The first-order valence-corrected chi connectivity index (χ1v) is 10.9. The predicted molar refractivity (Wildman–Crippen MR) is 123 cm³/mol. The lowest BCUT2D eigenvalue weighted by Gasteiger charge is -2.26. The number of hydrogen-bond donors (Lipinski definition) is 0. The van der Waals surface area contributed by atoms with Crippen LogP contribution in [0.1, 0.15) is 41.6 Å². The summed E-state index contributed by atoms with van der Waals surface area (Å²) >= 11 is 0. The zero-order chi connectivity index (χ0) is 22.8. The van der Waals surface area contributed by atoms with Crippen LogP contribution in [0.15, 0.2) is 51.7 Å². The van der Waals surface area contributed by atoms with Crippen LogP contribution in [0.2, 0.25) is 0 Å². The van der Waals surface area contributed by atoms with Crippen molar-refractivity contribution in [2.45, 2.75) is 19.9 Å². The molecule has 0 saturated heterocycles. The van der Waals surface area contributed by atoms with Gasteiger partial charge in [0, 0.05) is 19.2 Å². The topological polar surface area (TPSA) is 72.2 Å². The molecule has 2 aromatic carbocycles. The minimum Gasteiger partial charge on any atom is -0.494 e. The third-order valence-electron chi connectivity index (χ3n) is 5.55. The second-order valence-corrected chi connectivity index (χ2v) is 7.97. The first-order chi connectivity index (χ1) is 15.4. The summed E-state index contributed by atoms with van der Waals surface area (Å²) in [5, 5.41) is 0.436. The highest BCUT2D eigenvalue weighted by molar-refractivity contribution is 5.99. The Balaban J connectivity index is 1.86. The van der Waals surface area contributed by atoms with Gasteiger partial charge in [-0.2, -0.15) is 0 Å². The van der Waals surface area contributed by atoms with Crippen molar-refractivity contribution < 1.29 is 18.7 Å². The Hall–Kier alpha value is -3.32. The van der Waals surface area contributed by atoms with Crippen LogP contribution in [0.25, 0.3) is 11.0 Å². The summed E-state index contributed by atoms with van der Waals surface area (Å²) in [4.78, 5) is 30.7. The van der Waals surface area contributed by atoms with Crippen molar-refractivity contribution in [3.8, 4) is 11.5 Å². The fourth-order valence-corrected chi connectivity index (χ4v) is 4.05. The van der Waals surface area contributed by atoms with Crippen LogP contribution in [0.3, 0.4) is 0 Å². The first-order valence-electron chi connectivity index (χ1n) is 10.9. The molecular weight excluding hydrogens is 408 g/mol. The molecule has 0 fully saturated rings. The molecule has 0 saturated carbocycles. The summed E-state index contributed by atoms with van der Waals surface area (Å²) < 4.78 is 17.1. The van der Waals surface area contributed by atoms with E-state index in [1.165, 1.54) is 0 Å². The summed E-state index contributed by atoms with van der Waals surface area (Å²) in [6.45, 7) is 6.01. The van der Waals surface area contributed by atoms with E-state index >= 15 is 0 Å². The van der Waals surface area contributed by atoms with Gasteiger partial charge < -0.3 is 23.7 Å². The average molecular weight is 437 g/mol. The second kappa shape index (κ2) is 9.04. The minimum absolute atomic E-state index is 0.105. The van der Waals surface area contributed by atoms with E-state index in [9.17, 15) is 9.59 Å². The second-order valence-electron chi connectivity index (χ2n) is 7.97. The molecule has 168 valence electrons. The van der Waals surface area contributed by atoms with E-state index in [4.69, 9.17) is 13.9 Å². The number of carbonyl (C=O) groups excluding carboxylic acids is 1. The van der Waals surface area contributed by atoms with Gasteiger partial charge >= 0.3 is 0 Å². The van der Waals surface area contributed by atoms with Gasteiger partial charge in [-0.3, -0.25) is 9.59 Å². The van der Waals surface area contributed by atoms with Gasteiger partial charge in [-0.05, 0) is 57.8 Å². The van der Waals surface area contributed by atoms with Gasteiger partial charge in [0.2, 0.25) is 5.76 Å². The summed E-state index contributed by atoms with van der Waals surface area (Å²) in [6.07, 6.45) is 0. The number of rotatable bonds is 8. The van der Waals surface area contributed by atoms with Crippen LogP contribution in [0.4, 0.5) is 0 Å². The molecule has 2 heterocycles. The maximum atomic E-state index is 13.6. The molecule has 4 rings (SSSR count). The third-order valence-corrected chi connectivity index (χ3v) is 5.55. The lowest BCUT2D eigenvalue weighted by Crippen LogP contribution is -2.35. The largest absolute Gasteiger partial charge is 0.494 e. The lowest BCUT2D eigenvalue weighted by molar-refractivity contribution is 0.0716. The molecule has 0 aliphatic carbocycles. The number of benzene rings is 2. The summed E-state index contributed by atoms with van der Waals surface area (Å²) in [6, 6.07) is 12.1. The van der Waals surface area contributed by atoms with Gasteiger partial charge in [-0.25, -0.2) is 0 Å². The SMILES string of the molecule is CCOc1ccc(C2c3c(oc4cc(OCC)ccc4c3=O)C(=O)N2CCN(C)C)cc1. The normalized spacial score (nSPS) is 15.5. The van der Waals surface area contributed by atoms with E-state index in [0.717, 1.165) is 11.3 Å². The van der Waals surface area contributed by atoms with Crippen molar-refractivity contribution >= 4 is 16.9 Å². The highest BCUT2D eigenvalue weighted by Gasteiger charge is 2.42. The number of likely N-dealkylation sites (N-methyl/N-ethyl adjacent to an activating group) is 1. The van der Waals surface area contributed by atoms with Gasteiger partial charge in [0.05, 0.1) is 30.2 Å². The maximum Gasteiger partial charge on any atom is 0.290 e. The van der Waals surface area contributed by atoms with Crippen LogP contribution in [0.5, 0.6) is 11.5 Å². The van der Waals surface area contributed by atoms with Gasteiger partial charge in [-0.1, -0.05) is 12.1 Å². The number of ether oxygens (including phenoxy) is 2. The highest BCUT2D eigenvalue weighted by Crippen LogP contribution is 2.38. The standard InChI is InChI=1S/C25H28N2O5/c1-5-30-17-9-7-16(8-10-17)22-21-23(28)19-12-11-18(31-6-2)15-20(19)32-24(21)25(29)27(22)14-13-26(3)4/h7-12,15,22H,5-6,13-14H2,1-4H3. The van der Waals surface area contributed by atoms with Crippen molar-refractivity contribution in [1.29, 1.82) is 0 Å². The first kappa shape index (κ1) is 21.9. The van der Waals surface area contributed by atoms with Gasteiger partial charge in [0.25, 0.3) is 5.91 Å². The van der Waals surface area contributed by atoms with E-state index in [1.807, 2.05) is 57.1 Å². The molecule has 1 unspecified atom stereocenters. The zero-order valence-electron chi connectivity index (χ0n) is 18.9. The molecule has 0 spiro atoms. The average Bonchev–Trinajstić information content (AvgIpc) is 3.05. The smallest absolute Gasteiger partial charge is 0.290 e. The molecule has 32 heavy (non-hydrogen) atoms. The summed E-state index contributed by atoms with van der Waals surface area (Å²) in [5.74, 6) is 1.17. The number of amides is 1. The summed E-state index contributed by atoms with van der Waals surface area (Å²) in [7, 11) is 3.90. The number of hydrogen-bond acceptors (Lipinski definition) is 6. The Kier molecular flexibility index (Phi) is 6.19. The molecule has 1 aliphatic heterocycles. The number of carbonyl (C=O) groups is 1. The Bertz CT molecular complexity index is 1180. The van der Waals surface area contributed by atoms with E-state index < -0.39 is 6.04 Å². The molecule has 0 radical (unpaired) electrons. The van der Waals surface area contributed by atoms with Crippen LogP contribution >= 0.6 is 0 Å².